The van der Waals surface area contributed by atoms with Crippen molar-refractivity contribution < 1.29 is 28.4 Å². The molecule has 0 aromatic heterocycles. The van der Waals surface area contributed by atoms with Gasteiger partial charge in [0.15, 0.2) is 11.5 Å². The van der Waals surface area contributed by atoms with Gasteiger partial charge in [-0.15, -0.1) is 0 Å². The van der Waals surface area contributed by atoms with Gasteiger partial charge in [-0.3, -0.25) is 0 Å². The van der Waals surface area contributed by atoms with Crippen LogP contribution in [0.15, 0.2) is 176 Å². The molecule has 0 saturated carbocycles. The lowest BCUT2D eigenvalue weighted by molar-refractivity contribution is 0.147. The first-order valence-electron chi connectivity index (χ1n) is 19.3. The maximum absolute atomic E-state index is 7.05. The third-order valence-electron chi connectivity index (χ3n) is 9.78. The van der Waals surface area contributed by atoms with E-state index in [2.05, 4.69) is 0 Å². The van der Waals surface area contributed by atoms with Gasteiger partial charge in [-0.05, 0) is 46.4 Å². The molecule has 0 unspecified atom stereocenters. The topological polar surface area (TPSA) is 81.4 Å². The largest absolute Gasteiger partial charge is 0.489 e. The quantitative estimate of drug-likeness (QED) is 0.105. The SMILES string of the molecule is N[C@H]1Cc2c(OCc3ccccc3)cc(OCc3ccccc3)cc2O[C@@H]1c1cc(OCc2ccccc2)c(OCc2ccccc2)c(OCc2ccccc2)c1. The van der Waals surface area contributed by atoms with Crippen LogP contribution in [0.4, 0.5) is 0 Å². The molecule has 2 atom stereocenters. The minimum atomic E-state index is -0.551. The first kappa shape index (κ1) is 37.2. The molecule has 0 bridgehead atoms. The van der Waals surface area contributed by atoms with Crippen LogP contribution in [0.25, 0.3) is 0 Å². The van der Waals surface area contributed by atoms with Crippen LogP contribution in [-0.4, -0.2) is 6.04 Å². The Morgan fingerprint density at radius 3 is 1.26 bits per heavy atom. The highest BCUT2D eigenvalue weighted by atomic mass is 16.5. The van der Waals surface area contributed by atoms with Crippen molar-refractivity contribution in [2.24, 2.45) is 5.73 Å². The van der Waals surface area contributed by atoms with Crippen LogP contribution in [-0.2, 0) is 39.5 Å². The Labute approximate surface area is 334 Å². The van der Waals surface area contributed by atoms with Crippen LogP contribution in [0.5, 0.6) is 34.5 Å². The van der Waals surface area contributed by atoms with Crippen LogP contribution in [0.2, 0.25) is 0 Å². The maximum Gasteiger partial charge on any atom is 0.203 e. The zero-order valence-electron chi connectivity index (χ0n) is 31.7. The molecule has 1 heterocycles. The molecule has 0 spiro atoms. The van der Waals surface area contributed by atoms with Crippen molar-refractivity contribution in [3.8, 4) is 34.5 Å². The summed E-state index contributed by atoms with van der Waals surface area (Å²) in [5.74, 6) is 3.54. The van der Waals surface area contributed by atoms with Gasteiger partial charge < -0.3 is 34.2 Å². The number of nitrogens with two attached hydrogens (primary N) is 1. The molecule has 7 aromatic rings. The van der Waals surface area contributed by atoms with Crippen molar-refractivity contribution in [3.05, 3.63) is 215 Å². The van der Waals surface area contributed by atoms with Gasteiger partial charge in [0, 0.05) is 23.3 Å². The summed E-state index contributed by atoms with van der Waals surface area (Å²) in [6, 6.07) is 57.7. The Morgan fingerprint density at radius 1 is 0.439 bits per heavy atom. The molecule has 1 aliphatic heterocycles. The molecule has 1 aliphatic rings. The summed E-state index contributed by atoms with van der Waals surface area (Å²) in [6.45, 7) is 1.77. The van der Waals surface area contributed by atoms with Gasteiger partial charge >= 0.3 is 0 Å². The monoisotopic (exact) mass is 755 g/mol. The van der Waals surface area contributed by atoms with E-state index in [0.717, 1.165) is 38.9 Å². The predicted octanol–water partition coefficient (Wildman–Crippen LogP) is 10.6. The molecule has 8 rings (SSSR count). The van der Waals surface area contributed by atoms with E-state index in [-0.39, 0.29) is 0 Å². The van der Waals surface area contributed by atoms with Gasteiger partial charge in [-0.2, -0.15) is 0 Å². The van der Waals surface area contributed by atoms with E-state index in [9.17, 15) is 0 Å². The molecular formula is C50H45NO6. The molecule has 0 aliphatic carbocycles. The van der Waals surface area contributed by atoms with E-state index in [1.54, 1.807) is 0 Å². The molecule has 7 heteroatoms. The van der Waals surface area contributed by atoms with Crippen LogP contribution in [0, 0.1) is 0 Å². The lowest BCUT2D eigenvalue weighted by atomic mass is 9.92. The Bertz CT molecular complexity index is 2260. The highest BCUT2D eigenvalue weighted by Gasteiger charge is 2.33. The highest BCUT2D eigenvalue weighted by Crippen LogP contribution is 2.47. The summed E-state index contributed by atoms with van der Waals surface area (Å²) >= 11 is 0. The predicted molar refractivity (Wildman–Crippen MR) is 222 cm³/mol. The average molecular weight is 756 g/mol. The number of ether oxygens (including phenoxy) is 6. The Hall–Kier alpha value is -6.70. The smallest absolute Gasteiger partial charge is 0.203 e. The summed E-state index contributed by atoms with van der Waals surface area (Å²) in [4.78, 5) is 0. The second kappa shape index (κ2) is 18.3. The summed E-state index contributed by atoms with van der Waals surface area (Å²) in [7, 11) is 0. The Kier molecular flexibility index (Phi) is 11.9. The number of rotatable bonds is 16. The second-order valence-electron chi connectivity index (χ2n) is 14.0. The number of hydrogen-bond donors (Lipinski definition) is 1. The van der Waals surface area contributed by atoms with E-state index in [0.29, 0.717) is 74.0 Å². The summed E-state index contributed by atoms with van der Waals surface area (Å²) in [6.07, 6.45) is -0.0411. The normalized spacial score (nSPS) is 14.5. The number of fused-ring (bicyclic) bond motifs is 1. The van der Waals surface area contributed by atoms with Gasteiger partial charge in [-0.1, -0.05) is 152 Å². The van der Waals surface area contributed by atoms with Gasteiger partial charge in [0.25, 0.3) is 0 Å². The van der Waals surface area contributed by atoms with Gasteiger partial charge in [0.1, 0.15) is 56.4 Å². The van der Waals surface area contributed by atoms with E-state index in [1.165, 1.54) is 0 Å². The molecule has 7 nitrogen and oxygen atoms in total. The lowest BCUT2D eigenvalue weighted by Crippen LogP contribution is -2.37. The van der Waals surface area contributed by atoms with Gasteiger partial charge in [0.2, 0.25) is 5.75 Å². The molecule has 2 N–H and O–H groups in total. The lowest BCUT2D eigenvalue weighted by Gasteiger charge is -2.33. The van der Waals surface area contributed by atoms with Gasteiger partial charge in [-0.25, -0.2) is 0 Å². The molecule has 57 heavy (non-hydrogen) atoms. The fraction of sp³-hybridized carbons (Fsp3) is 0.160. The maximum atomic E-state index is 7.05. The van der Waals surface area contributed by atoms with Crippen molar-refractivity contribution in [1.29, 1.82) is 0 Å². The van der Waals surface area contributed by atoms with Crippen molar-refractivity contribution in [3.63, 3.8) is 0 Å². The number of hydrogen-bond acceptors (Lipinski definition) is 7. The zero-order chi connectivity index (χ0) is 38.7. The summed E-state index contributed by atoms with van der Waals surface area (Å²) < 4.78 is 39.4. The molecule has 7 aromatic carbocycles. The molecule has 286 valence electrons. The first-order chi connectivity index (χ1) is 28.1. The minimum absolute atomic E-state index is 0.327. The van der Waals surface area contributed by atoms with Crippen molar-refractivity contribution >= 4 is 0 Å². The van der Waals surface area contributed by atoms with Crippen LogP contribution < -0.4 is 34.2 Å². The molecule has 0 radical (unpaired) electrons. The highest BCUT2D eigenvalue weighted by molar-refractivity contribution is 5.57. The zero-order valence-corrected chi connectivity index (χ0v) is 31.7. The second-order valence-corrected chi connectivity index (χ2v) is 14.0. The van der Waals surface area contributed by atoms with E-state index >= 15 is 0 Å². The molecule has 0 amide bonds. The number of benzene rings is 7. The third-order valence-corrected chi connectivity index (χ3v) is 9.78. The fourth-order valence-corrected chi connectivity index (χ4v) is 6.79. The Balaban J connectivity index is 1.15. The van der Waals surface area contributed by atoms with Crippen LogP contribution in [0.1, 0.15) is 45.0 Å². The summed E-state index contributed by atoms with van der Waals surface area (Å²) in [5, 5.41) is 0. The fourth-order valence-electron chi connectivity index (χ4n) is 6.79. The average Bonchev–Trinajstić information content (AvgIpc) is 3.27. The van der Waals surface area contributed by atoms with Crippen LogP contribution >= 0.6 is 0 Å². The van der Waals surface area contributed by atoms with Crippen molar-refractivity contribution in [2.45, 2.75) is 51.6 Å². The van der Waals surface area contributed by atoms with Crippen molar-refractivity contribution in [1.82, 2.24) is 0 Å². The third kappa shape index (κ3) is 9.76. The van der Waals surface area contributed by atoms with Crippen LogP contribution in [0.3, 0.4) is 0 Å². The first-order valence-corrected chi connectivity index (χ1v) is 19.3. The van der Waals surface area contributed by atoms with E-state index < -0.39 is 12.1 Å². The minimum Gasteiger partial charge on any atom is -0.489 e. The Morgan fingerprint density at radius 2 is 0.825 bits per heavy atom. The molecular weight excluding hydrogens is 711 g/mol. The molecule has 0 fully saturated rings. The van der Waals surface area contributed by atoms with Gasteiger partial charge in [0.05, 0.1) is 6.04 Å². The standard InChI is InChI=1S/C50H45NO6/c51-44-30-43-45(53-32-37-18-8-2-9-19-37)28-42(52-31-36-16-6-1-7-17-36)29-46(43)57-49(44)41-26-47(54-33-38-20-10-3-11-21-38)50(56-35-40-24-14-5-15-25-40)48(27-41)55-34-39-22-12-4-13-23-39/h1-29,44,49H,30-35,51H2/t44-,49+/m0/s1. The van der Waals surface area contributed by atoms with Crippen molar-refractivity contribution in [2.75, 3.05) is 0 Å². The van der Waals surface area contributed by atoms with E-state index in [1.807, 2.05) is 176 Å². The summed E-state index contributed by atoms with van der Waals surface area (Å²) in [5.41, 5.74) is 13.9. The van der Waals surface area contributed by atoms with E-state index in [4.69, 9.17) is 34.2 Å². The molecule has 0 saturated heterocycles.